The zero-order valence-electron chi connectivity index (χ0n) is 11.4. The van der Waals surface area contributed by atoms with E-state index < -0.39 is 10.0 Å². The molecule has 1 amide bonds. The van der Waals surface area contributed by atoms with Crippen LogP contribution in [0.25, 0.3) is 0 Å². The Morgan fingerprint density at radius 1 is 1.11 bits per heavy atom. The summed E-state index contributed by atoms with van der Waals surface area (Å²) < 4.78 is 25.4. The lowest BCUT2D eigenvalue weighted by atomic mass is 9.96. The summed E-state index contributed by atoms with van der Waals surface area (Å²) in [5, 5.41) is -0.154. The normalized spacial score (nSPS) is 30.2. The summed E-state index contributed by atoms with van der Waals surface area (Å²) in [6.07, 6.45) is 3.85. The van der Waals surface area contributed by atoms with E-state index in [9.17, 15) is 13.2 Å². The summed E-state index contributed by atoms with van der Waals surface area (Å²) >= 11 is 0. The molecule has 0 radical (unpaired) electrons. The zero-order valence-corrected chi connectivity index (χ0v) is 12.2. The minimum atomic E-state index is -3.07. The van der Waals surface area contributed by atoms with Gasteiger partial charge < -0.3 is 4.90 Å². The molecule has 0 aromatic carbocycles. The van der Waals surface area contributed by atoms with Gasteiger partial charge in [0.25, 0.3) is 0 Å². The Kier molecular flexibility index (Phi) is 3.33. The Morgan fingerprint density at radius 2 is 1.79 bits per heavy atom. The van der Waals surface area contributed by atoms with Crippen molar-refractivity contribution in [2.45, 2.75) is 37.9 Å². The van der Waals surface area contributed by atoms with Crippen molar-refractivity contribution in [3.05, 3.63) is 0 Å². The zero-order chi connectivity index (χ0) is 13.6. The number of sulfonamides is 1. The molecule has 0 bridgehead atoms. The lowest BCUT2D eigenvalue weighted by molar-refractivity contribution is -0.140. The number of hydrogen-bond acceptors (Lipinski definition) is 3. The summed E-state index contributed by atoms with van der Waals surface area (Å²) in [6, 6.07) is 0. The molecular formula is C13H22N2O3S. The first-order chi connectivity index (χ1) is 8.98. The van der Waals surface area contributed by atoms with Crippen LogP contribution in [0.4, 0.5) is 0 Å². The summed E-state index contributed by atoms with van der Waals surface area (Å²) in [5.74, 6) is 0.636. The van der Waals surface area contributed by atoms with Crippen LogP contribution in [0.15, 0.2) is 0 Å². The van der Waals surface area contributed by atoms with Crippen LogP contribution in [-0.2, 0) is 14.8 Å². The number of nitrogens with zero attached hydrogens (tertiary/aromatic N) is 2. The maximum atomic E-state index is 12.3. The summed E-state index contributed by atoms with van der Waals surface area (Å²) in [7, 11) is -3.07. The van der Waals surface area contributed by atoms with Gasteiger partial charge in [0.15, 0.2) is 0 Å². The monoisotopic (exact) mass is 286 g/mol. The lowest BCUT2D eigenvalue weighted by Crippen LogP contribution is -2.57. The van der Waals surface area contributed by atoms with E-state index in [0.717, 1.165) is 32.4 Å². The van der Waals surface area contributed by atoms with Gasteiger partial charge in [-0.15, -0.1) is 0 Å². The average Bonchev–Trinajstić information content (AvgIpc) is 3.10. The van der Waals surface area contributed by atoms with Crippen molar-refractivity contribution >= 4 is 15.9 Å². The molecule has 3 rings (SSSR count). The predicted octanol–water partition coefficient (Wildman–Crippen LogP) is 0.669. The van der Waals surface area contributed by atoms with E-state index in [1.165, 1.54) is 10.7 Å². The molecular weight excluding hydrogens is 264 g/mol. The second kappa shape index (κ2) is 4.74. The molecule has 1 aliphatic carbocycles. The Bertz CT molecular complexity index is 466. The average molecular weight is 286 g/mol. The van der Waals surface area contributed by atoms with Crippen LogP contribution in [-0.4, -0.2) is 55.0 Å². The van der Waals surface area contributed by atoms with Gasteiger partial charge in [0.05, 0.1) is 11.2 Å². The molecule has 2 aliphatic heterocycles. The topological polar surface area (TPSA) is 57.7 Å². The van der Waals surface area contributed by atoms with Gasteiger partial charge in [-0.25, -0.2) is 8.42 Å². The fourth-order valence-electron chi connectivity index (χ4n) is 3.03. The number of likely N-dealkylation sites (tertiary alicyclic amines) is 1. The maximum absolute atomic E-state index is 12.3. The van der Waals surface area contributed by atoms with Gasteiger partial charge in [-0.3, -0.25) is 4.79 Å². The van der Waals surface area contributed by atoms with E-state index in [0.29, 0.717) is 19.0 Å². The molecule has 3 fully saturated rings. The highest BCUT2D eigenvalue weighted by molar-refractivity contribution is 7.90. The highest BCUT2D eigenvalue weighted by Crippen LogP contribution is 2.35. The standard InChI is InChI=1S/C13H22N2O3S/c1-10-3-2-6-14(7-10)13(16)11-8-15(9-11)19(17,18)12-4-5-12/h10-12H,2-9H2,1H3. The maximum Gasteiger partial charge on any atom is 0.228 e. The smallest absolute Gasteiger partial charge is 0.228 e. The van der Waals surface area contributed by atoms with Gasteiger partial charge in [-0.1, -0.05) is 6.92 Å². The minimum Gasteiger partial charge on any atom is -0.342 e. The molecule has 6 heteroatoms. The van der Waals surface area contributed by atoms with Crippen molar-refractivity contribution in [1.29, 1.82) is 0 Å². The van der Waals surface area contributed by atoms with Crippen LogP contribution in [0, 0.1) is 11.8 Å². The van der Waals surface area contributed by atoms with Gasteiger partial charge in [0.1, 0.15) is 0 Å². The van der Waals surface area contributed by atoms with Crippen molar-refractivity contribution in [1.82, 2.24) is 9.21 Å². The Labute approximate surface area is 115 Å². The van der Waals surface area contributed by atoms with Gasteiger partial charge in [-0.05, 0) is 31.6 Å². The minimum absolute atomic E-state index is 0.0983. The van der Waals surface area contributed by atoms with Crippen LogP contribution >= 0.6 is 0 Å². The Morgan fingerprint density at radius 3 is 2.37 bits per heavy atom. The molecule has 1 saturated carbocycles. The van der Waals surface area contributed by atoms with E-state index in [2.05, 4.69) is 6.92 Å². The van der Waals surface area contributed by atoms with Crippen LogP contribution in [0.5, 0.6) is 0 Å². The third kappa shape index (κ3) is 2.52. The van der Waals surface area contributed by atoms with Crippen LogP contribution in [0.2, 0.25) is 0 Å². The molecule has 0 aromatic rings. The molecule has 2 heterocycles. The second-order valence-electron chi connectivity index (χ2n) is 6.29. The first kappa shape index (κ1) is 13.4. The van der Waals surface area contributed by atoms with E-state index in [1.54, 1.807) is 0 Å². The fraction of sp³-hybridized carbons (Fsp3) is 0.923. The molecule has 5 nitrogen and oxygen atoms in total. The largest absolute Gasteiger partial charge is 0.342 e. The summed E-state index contributed by atoms with van der Waals surface area (Å²) in [4.78, 5) is 14.2. The molecule has 19 heavy (non-hydrogen) atoms. The molecule has 0 N–H and O–H groups in total. The third-order valence-electron chi connectivity index (χ3n) is 4.47. The number of hydrogen-bond donors (Lipinski definition) is 0. The van der Waals surface area contributed by atoms with E-state index in [-0.39, 0.29) is 17.1 Å². The van der Waals surface area contributed by atoms with Crippen molar-refractivity contribution in [2.24, 2.45) is 11.8 Å². The first-order valence-electron chi connectivity index (χ1n) is 7.26. The lowest BCUT2D eigenvalue weighted by Gasteiger charge is -2.41. The molecule has 108 valence electrons. The Hall–Kier alpha value is -0.620. The van der Waals surface area contributed by atoms with Gasteiger partial charge in [0.2, 0.25) is 15.9 Å². The van der Waals surface area contributed by atoms with E-state index >= 15 is 0 Å². The summed E-state index contributed by atoms with van der Waals surface area (Å²) in [5.41, 5.74) is 0. The Balaban J connectivity index is 1.54. The number of amides is 1. The number of rotatable bonds is 3. The van der Waals surface area contributed by atoms with E-state index in [4.69, 9.17) is 0 Å². The third-order valence-corrected chi connectivity index (χ3v) is 6.80. The van der Waals surface area contributed by atoms with Gasteiger partial charge in [0, 0.05) is 26.2 Å². The second-order valence-corrected chi connectivity index (χ2v) is 8.50. The van der Waals surface area contributed by atoms with Gasteiger partial charge in [-0.2, -0.15) is 4.31 Å². The molecule has 1 unspecified atom stereocenters. The highest BCUT2D eigenvalue weighted by Gasteiger charge is 2.47. The molecule has 3 aliphatic rings. The van der Waals surface area contributed by atoms with Crippen molar-refractivity contribution in [3.63, 3.8) is 0 Å². The van der Waals surface area contributed by atoms with Crippen molar-refractivity contribution in [3.8, 4) is 0 Å². The van der Waals surface area contributed by atoms with Crippen LogP contribution in [0.3, 0.4) is 0 Å². The SMILES string of the molecule is CC1CCCN(C(=O)C2CN(S(=O)(=O)C3CC3)C2)C1. The van der Waals surface area contributed by atoms with Crippen molar-refractivity contribution < 1.29 is 13.2 Å². The molecule has 0 aromatic heterocycles. The van der Waals surface area contributed by atoms with Crippen molar-refractivity contribution in [2.75, 3.05) is 26.2 Å². The fourth-order valence-corrected chi connectivity index (χ4v) is 4.96. The van der Waals surface area contributed by atoms with Gasteiger partial charge >= 0.3 is 0 Å². The highest BCUT2D eigenvalue weighted by atomic mass is 32.2. The molecule has 2 saturated heterocycles. The number of carbonyl (C=O) groups excluding carboxylic acids is 1. The quantitative estimate of drug-likeness (QED) is 0.766. The predicted molar refractivity (Wildman–Crippen MR) is 72.0 cm³/mol. The van der Waals surface area contributed by atoms with Crippen LogP contribution < -0.4 is 0 Å². The van der Waals surface area contributed by atoms with Crippen LogP contribution in [0.1, 0.15) is 32.6 Å². The number of carbonyl (C=O) groups is 1. The molecule has 0 spiro atoms. The first-order valence-corrected chi connectivity index (χ1v) is 8.76. The van der Waals surface area contributed by atoms with E-state index in [1.807, 2.05) is 4.90 Å². The summed E-state index contributed by atoms with van der Waals surface area (Å²) in [6.45, 7) is 4.66. The molecule has 1 atom stereocenters. The number of piperidine rings is 1.